The molecule has 2 aliphatic carbocycles. The van der Waals surface area contributed by atoms with E-state index in [2.05, 4.69) is 5.16 Å². The highest BCUT2D eigenvalue weighted by atomic mass is 16.5. The third-order valence-corrected chi connectivity index (χ3v) is 3.25. The molecular formula is C11H13NO2. The summed E-state index contributed by atoms with van der Waals surface area (Å²) in [7, 11) is 0. The molecule has 0 bridgehead atoms. The Kier molecular flexibility index (Phi) is 1.58. The summed E-state index contributed by atoms with van der Waals surface area (Å²) < 4.78 is 5.24. The molecule has 1 unspecified atom stereocenters. The van der Waals surface area contributed by atoms with Crippen LogP contribution in [0.1, 0.15) is 53.9 Å². The lowest BCUT2D eigenvalue weighted by molar-refractivity contribution is 0.0908. The Bertz CT molecular complexity index is 390. The molecule has 0 saturated heterocycles. The third-order valence-electron chi connectivity index (χ3n) is 3.25. The first kappa shape index (κ1) is 8.21. The van der Waals surface area contributed by atoms with E-state index in [-0.39, 0.29) is 11.7 Å². The molecule has 1 aromatic heterocycles. The van der Waals surface area contributed by atoms with Crippen molar-refractivity contribution in [3.63, 3.8) is 0 Å². The van der Waals surface area contributed by atoms with Crippen LogP contribution >= 0.6 is 0 Å². The van der Waals surface area contributed by atoms with Gasteiger partial charge in [0, 0.05) is 18.3 Å². The lowest BCUT2D eigenvalue weighted by atomic mass is 9.86. The lowest BCUT2D eigenvalue weighted by Gasteiger charge is -2.15. The second-order valence-electron chi connectivity index (χ2n) is 4.44. The Morgan fingerprint density at radius 1 is 1.36 bits per heavy atom. The van der Waals surface area contributed by atoms with Crippen molar-refractivity contribution in [1.29, 1.82) is 0 Å². The number of ketones is 1. The van der Waals surface area contributed by atoms with E-state index in [1.54, 1.807) is 0 Å². The zero-order chi connectivity index (χ0) is 9.71. The Morgan fingerprint density at radius 3 is 2.86 bits per heavy atom. The van der Waals surface area contributed by atoms with E-state index in [1.165, 1.54) is 12.8 Å². The fourth-order valence-electron chi connectivity index (χ4n) is 2.13. The van der Waals surface area contributed by atoms with Crippen LogP contribution in [-0.2, 0) is 6.42 Å². The number of aryl methyl sites for hydroxylation is 1. The van der Waals surface area contributed by atoms with Crippen molar-refractivity contribution in [3.05, 3.63) is 17.0 Å². The van der Waals surface area contributed by atoms with Gasteiger partial charge in [0.05, 0.1) is 11.3 Å². The molecule has 0 radical (unpaired) electrons. The van der Waals surface area contributed by atoms with E-state index >= 15 is 0 Å². The fourth-order valence-corrected chi connectivity index (χ4v) is 2.13. The van der Waals surface area contributed by atoms with E-state index in [0.29, 0.717) is 5.92 Å². The van der Waals surface area contributed by atoms with Gasteiger partial charge in [0.15, 0.2) is 5.78 Å². The van der Waals surface area contributed by atoms with E-state index in [0.717, 1.165) is 29.9 Å². The summed E-state index contributed by atoms with van der Waals surface area (Å²) in [5.74, 6) is 1.74. The SMILES string of the molecule is CC1CCc2onc(C3CC3)c2C1=O. The van der Waals surface area contributed by atoms with Gasteiger partial charge in [-0.3, -0.25) is 4.79 Å². The van der Waals surface area contributed by atoms with E-state index in [1.807, 2.05) is 6.92 Å². The average Bonchev–Trinajstić information content (AvgIpc) is 2.93. The first-order chi connectivity index (χ1) is 6.77. The predicted molar refractivity (Wildman–Crippen MR) is 50.3 cm³/mol. The zero-order valence-corrected chi connectivity index (χ0v) is 8.25. The van der Waals surface area contributed by atoms with Crippen LogP contribution in [0.4, 0.5) is 0 Å². The van der Waals surface area contributed by atoms with Crippen LogP contribution in [0, 0.1) is 5.92 Å². The Balaban J connectivity index is 2.09. The molecule has 2 aliphatic rings. The van der Waals surface area contributed by atoms with Gasteiger partial charge in [-0.25, -0.2) is 0 Å². The van der Waals surface area contributed by atoms with Gasteiger partial charge in [0.1, 0.15) is 5.76 Å². The van der Waals surface area contributed by atoms with Gasteiger partial charge >= 0.3 is 0 Å². The average molecular weight is 191 g/mol. The number of hydrogen-bond donors (Lipinski definition) is 0. The van der Waals surface area contributed by atoms with Crippen LogP contribution in [0.25, 0.3) is 0 Å². The Morgan fingerprint density at radius 2 is 2.14 bits per heavy atom. The van der Waals surface area contributed by atoms with Crippen LogP contribution in [0.3, 0.4) is 0 Å². The van der Waals surface area contributed by atoms with Crippen LogP contribution in [-0.4, -0.2) is 10.9 Å². The van der Waals surface area contributed by atoms with Crippen molar-refractivity contribution < 1.29 is 9.32 Å². The molecule has 1 heterocycles. The van der Waals surface area contributed by atoms with Crippen LogP contribution < -0.4 is 0 Å². The molecular weight excluding hydrogens is 178 g/mol. The smallest absolute Gasteiger partial charge is 0.171 e. The Labute approximate surface area is 82.5 Å². The summed E-state index contributed by atoms with van der Waals surface area (Å²) in [5.41, 5.74) is 1.77. The normalized spacial score (nSPS) is 26.4. The number of carbonyl (C=O) groups excluding carboxylic acids is 1. The summed E-state index contributed by atoms with van der Waals surface area (Å²) in [6.45, 7) is 1.99. The quantitative estimate of drug-likeness (QED) is 0.684. The maximum atomic E-state index is 11.9. The number of hydrogen-bond acceptors (Lipinski definition) is 3. The summed E-state index contributed by atoms with van der Waals surface area (Å²) in [6.07, 6.45) is 4.12. The largest absolute Gasteiger partial charge is 0.360 e. The minimum absolute atomic E-state index is 0.152. The minimum atomic E-state index is 0.152. The van der Waals surface area contributed by atoms with Crippen molar-refractivity contribution in [3.8, 4) is 0 Å². The maximum Gasteiger partial charge on any atom is 0.171 e. The summed E-state index contributed by atoms with van der Waals surface area (Å²) in [6, 6.07) is 0. The standard InChI is InChI=1S/C11H13NO2/c1-6-2-5-8-9(11(6)13)10(12-14-8)7-3-4-7/h6-7H,2-5H2,1H3. The van der Waals surface area contributed by atoms with Crippen molar-refractivity contribution in [2.24, 2.45) is 5.92 Å². The van der Waals surface area contributed by atoms with Gasteiger partial charge in [-0.2, -0.15) is 0 Å². The Hall–Kier alpha value is -1.12. The van der Waals surface area contributed by atoms with Gasteiger partial charge in [0.2, 0.25) is 0 Å². The molecule has 3 heteroatoms. The van der Waals surface area contributed by atoms with Crippen molar-refractivity contribution in [1.82, 2.24) is 5.16 Å². The molecule has 0 spiro atoms. The van der Waals surface area contributed by atoms with Crippen molar-refractivity contribution >= 4 is 5.78 Å². The fraction of sp³-hybridized carbons (Fsp3) is 0.636. The molecule has 3 nitrogen and oxygen atoms in total. The highest BCUT2D eigenvalue weighted by molar-refractivity contribution is 6.00. The number of nitrogens with zero attached hydrogens (tertiary/aromatic N) is 1. The summed E-state index contributed by atoms with van der Waals surface area (Å²) >= 11 is 0. The highest BCUT2D eigenvalue weighted by Gasteiger charge is 2.37. The van der Waals surface area contributed by atoms with Gasteiger partial charge in [-0.15, -0.1) is 0 Å². The molecule has 0 N–H and O–H groups in total. The third kappa shape index (κ3) is 1.04. The number of aromatic nitrogens is 1. The van der Waals surface area contributed by atoms with Gasteiger partial charge in [-0.05, 0) is 19.3 Å². The topological polar surface area (TPSA) is 43.1 Å². The van der Waals surface area contributed by atoms with E-state index in [9.17, 15) is 4.79 Å². The molecule has 0 aromatic carbocycles. The van der Waals surface area contributed by atoms with Gasteiger partial charge in [-0.1, -0.05) is 12.1 Å². The van der Waals surface area contributed by atoms with E-state index < -0.39 is 0 Å². The molecule has 74 valence electrons. The molecule has 14 heavy (non-hydrogen) atoms. The molecule has 3 rings (SSSR count). The number of carbonyl (C=O) groups is 1. The van der Waals surface area contributed by atoms with E-state index in [4.69, 9.17) is 4.52 Å². The van der Waals surface area contributed by atoms with Crippen LogP contribution in [0.2, 0.25) is 0 Å². The molecule has 0 aliphatic heterocycles. The summed E-state index contributed by atoms with van der Waals surface area (Å²) in [5, 5.41) is 4.05. The zero-order valence-electron chi connectivity index (χ0n) is 8.25. The van der Waals surface area contributed by atoms with Crippen molar-refractivity contribution in [2.45, 2.75) is 38.5 Å². The van der Waals surface area contributed by atoms with Gasteiger partial charge in [0.25, 0.3) is 0 Å². The van der Waals surface area contributed by atoms with Crippen LogP contribution in [0.15, 0.2) is 4.52 Å². The number of fused-ring (bicyclic) bond motifs is 1. The van der Waals surface area contributed by atoms with Crippen LogP contribution in [0.5, 0.6) is 0 Å². The molecule has 1 atom stereocenters. The van der Waals surface area contributed by atoms with Crippen molar-refractivity contribution in [2.75, 3.05) is 0 Å². The highest BCUT2D eigenvalue weighted by Crippen LogP contribution is 2.43. The molecule has 1 saturated carbocycles. The minimum Gasteiger partial charge on any atom is -0.360 e. The predicted octanol–water partition coefficient (Wildman–Crippen LogP) is 2.32. The number of rotatable bonds is 1. The second-order valence-corrected chi connectivity index (χ2v) is 4.44. The van der Waals surface area contributed by atoms with Gasteiger partial charge < -0.3 is 4.52 Å². The lowest BCUT2D eigenvalue weighted by Crippen LogP contribution is -2.19. The molecule has 0 amide bonds. The first-order valence-electron chi connectivity index (χ1n) is 5.30. The first-order valence-corrected chi connectivity index (χ1v) is 5.30. The molecule has 1 fully saturated rings. The molecule has 1 aromatic rings. The number of Topliss-reactive ketones (excluding diaryl/α,β-unsaturated/α-hetero) is 1. The maximum absolute atomic E-state index is 11.9. The summed E-state index contributed by atoms with van der Waals surface area (Å²) in [4.78, 5) is 11.9. The monoisotopic (exact) mass is 191 g/mol. The second kappa shape index (κ2) is 2.69.